The third-order valence-electron chi connectivity index (χ3n) is 3.84. The van der Waals surface area contributed by atoms with Gasteiger partial charge in [-0.1, -0.05) is 0 Å². The van der Waals surface area contributed by atoms with Crippen LogP contribution in [0.5, 0.6) is 0 Å². The third kappa shape index (κ3) is 2.56. The van der Waals surface area contributed by atoms with Crippen LogP contribution in [0, 0.1) is 0 Å². The molecular formula is C14H15BrN6S. The minimum absolute atomic E-state index is 0.869. The van der Waals surface area contributed by atoms with Gasteiger partial charge in [0.2, 0.25) is 0 Å². The lowest BCUT2D eigenvalue weighted by Gasteiger charge is -2.32. The molecule has 0 saturated carbocycles. The van der Waals surface area contributed by atoms with E-state index in [1.165, 1.54) is 0 Å². The summed E-state index contributed by atoms with van der Waals surface area (Å²) in [6.45, 7) is 4.08. The summed E-state index contributed by atoms with van der Waals surface area (Å²) in [5.41, 5.74) is 4.41. The quantitative estimate of drug-likeness (QED) is 0.739. The number of halogens is 1. The summed E-state index contributed by atoms with van der Waals surface area (Å²) in [6.07, 6.45) is 3.44. The highest BCUT2D eigenvalue weighted by Crippen LogP contribution is 2.35. The van der Waals surface area contributed by atoms with Crippen LogP contribution in [0.4, 0.5) is 5.82 Å². The zero-order valence-corrected chi connectivity index (χ0v) is 14.5. The molecule has 0 spiro atoms. The van der Waals surface area contributed by atoms with E-state index in [1.54, 1.807) is 17.7 Å². The number of anilines is 1. The van der Waals surface area contributed by atoms with E-state index in [-0.39, 0.29) is 0 Å². The van der Waals surface area contributed by atoms with Gasteiger partial charge >= 0.3 is 0 Å². The van der Waals surface area contributed by atoms with Gasteiger partial charge in [-0.05, 0) is 29.0 Å². The van der Waals surface area contributed by atoms with E-state index in [1.807, 2.05) is 6.20 Å². The van der Waals surface area contributed by atoms with Crippen LogP contribution in [0.25, 0.3) is 20.4 Å². The van der Waals surface area contributed by atoms with Crippen molar-refractivity contribution in [3.05, 3.63) is 23.1 Å². The molecule has 0 aromatic carbocycles. The number of rotatable bonds is 2. The molecule has 3 aromatic rings. The molecule has 6 nitrogen and oxygen atoms in total. The van der Waals surface area contributed by atoms with E-state index < -0.39 is 0 Å². The van der Waals surface area contributed by atoms with Crippen molar-refractivity contribution in [1.29, 1.82) is 0 Å². The minimum Gasteiger partial charge on any atom is -0.304 e. The molecule has 4 heterocycles. The Morgan fingerprint density at radius 3 is 2.82 bits per heavy atom. The van der Waals surface area contributed by atoms with Crippen molar-refractivity contribution < 1.29 is 0 Å². The first-order chi connectivity index (χ1) is 10.7. The lowest BCUT2D eigenvalue weighted by Crippen LogP contribution is -2.47. The van der Waals surface area contributed by atoms with E-state index in [0.717, 1.165) is 56.9 Å². The van der Waals surface area contributed by atoms with Crippen molar-refractivity contribution in [2.75, 3.05) is 38.7 Å². The Morgan fingerprint density at radius 1 is 1.18 bits per heavy atom. The summed E-state index contributed by atoms with van der Waals surface area (Å²) in [7, 11) is 2.15. The standard InChI is InChI=1S/C14H15BrN6S/c1-20-2-4-21(5-3-20)19-13-12-11(17-8-18-13)10-6-9(15)7-16-14(10)22-12/h6-8H,2-5H2,1H3,(H,17,18,19). The monoisotopic (exact) mass is 378 g/mol. The van der Waals surface area contributed by atoms with Crippen LogP contribution in [0.3, 0.4) is 0 Å². The molecule has 3 aromatic heterocycles. The minimum atomic E-state index is 0.869. The molecule has 1 aliphatic rings. The Balaban J connectivity index is 1.73. The Hall–Kier alpha value is -1.35. The summed E-state index contributed by atoms with van der Waals surface area (Å²) in [4.78, 5) is 16.7. The number of nitrogens with zero attached hydrogens (tertiary/aromatic N) is 5. The number of pyridine rings is 1. The Labute approximate surface area is 140 Å². The molecule has 1 fully saturated rings. The molecule has 0 bridgehead atoms. The molecule has 1 aliphatic heterocycles. The SMILES string of the molecule is CN1CCN(Nc2ncnc3c2sc2ncc(Br)cc23)CC1. The molecule has 0 amide bonds. The number of nitrogens with one attached hydrogen (secondary N) is 1. The average molecular weight is 379 g/mol. The zero-order chi connectivity index (χ0) is 15.1. The number of thiophene rings is 1. The average Bonchev–Trinajstić information content (AvgIpc) is 2.89. The lowest BCUT2D eigenvalue weighted by molar-refractivity contribution is 0.178. The zero-order valence-electron chi connectivity index (χ0n) is 12.1. The van der Waals surface area contributed by atoms with Crippen molar-refractivity contribution in [1.82, 2.24) is 24.9 Å². The van der Waals surface area contributed by atoms with Gasteiger partial charge in [-0.2, -0.15) is 0 Å². The molecule has 0 radical (unpaired) electrons. The smallest absolute Gasteiger partial charge is 0.161 e. The highest BCUT2D eigenvalue weighted by molar-refractivity contribution is 9.10. The lowest BCUT2D eigenvalue weighted by atomic mass is 10.3. The molecule has 4 rings (SSSR count). The second kappa shape index (κ2) is 5.69. The number of fused-ring (bicyclic) bond motifs is 3. The summed E-state index contributed by atoms with van der Waals surface area (Å²) in [5.74, 6) is 0.869. The van der Waals surface area contributed by atoms with Crippen LogP contribution < -0.4 is 5.43 Å². The number of aromatic nitrogens is 3. The van der Waals surface area contributed by atoms with E-state index in [9.17, 15) is 0 Å². The van der Waals surface area contributed by atoms with E-state index >= 15 is 0 Å². The van der Waals surface area contributed by atoms with Crippen LogP contribution in [0.1, 0.15) is 0 Å². The van der Waals surface area contributed by atoms with Crippen LogP contribution in [-0.2, 0) is 0 Å². The second-order valence-electron chi connectivity index (χ2n) is 5.41. The summed E-state index contributed by atoms with van der Waals surface area (Å²) in [5, 5.41) is 3.29. The van der Waals surface area contributed by atoms with Crippen LogP contribution >= 0.6 is 27.3 Å². The second-order valence-corrected chi connectivity index (χ2v) is 7.33. The number of likely N-dealkylation sites (N-methyl/N-ethyl adjacent to an activating group) is 1. The molecule has 1 saturated heterocycles. The van der Waals surface area contributed by atoms with Gasteiger partial charge in [0, 0.05) is 42.2 Å². The largest absolute Gasteiger partial charge is 0.304 e. The van der Waals surface area contributed by atoms with Crippen molar-refractivity contribution in [3.8, 4) is 0 Å². The Kier molecular flexibility index (Phi) is 3.69. The summed E-state index contributed by atoms with van der Waals surface area (Å²) < 4.78 is 2.02. The maximum absolute atomic E-state index is 4.47. The van der Waals surface area contributed by atoms with Crippen LogP contribution in [0.2, 0.25) is 0 Å². The van der Waals surface area contributed by atoms with Gasteiger partial charge in [0.1, 0.15) is 11.2 Å². The molecule has 114 valence electrons. The highest BCUT2D eigenvalue weighted by atomic mass is 79.9. The fraction of sp³-hybridized carbons (Fsp3) is 0.357. The van der Waals surface area contributed by atoms with Gasteiger partial charge in [0.15, 0.2) is 5.82 Å². The number of hydrogen-bond acceptors (Lipinski definition) is 7. The van der Waals surface area contributed by atoms with E-state index in [0.29, 0.717) is 0 Å². The topological polar surface area (TPSA) is 57.2 Å². The van der Waals surface area contributed by atoms with Crippen LogP contribution in [0.15, 0.2) is 23.1 Å². The van der Waals surface area contributed by atoms with Gasteiger partial charge in [-0.25, -0.2) is 20.0 Å². The predicted octanol–water partition coefficient (Wildman–Crippen LogP) is 2.58. The third-order valence-corrected chi connectivity index (χ3v) is 5.39. The van der Waals surface area contributed by atoms with Gasteiger partial charge < -0.3 is 10.3 Å². The predicted molar refractivity (Wildman–Crippen MR) is 93.1 cm³/mol. The Bertz CT molecular complexity index is 827. The summed E-state index contributed by atoms with van der Waals surface area (Å²) >= 11 is 5.11. The van der Waals surface area contributed by atoms with Gasteiger partial charge in [-0.15, -0.1) is 11.3 Å². The first-order valence-electron chi connectivity index (χ1n) is 7.09. The number of hydrazine groups is 1. The van der Waals surface area contributed by atoms with Crippen LogP contribution in [-0.4, -0.2) is 58.1 Å². The molecule has 22 heavy (non-hydrogen) atoms. The van der Waals surface area contributed by atoms with Gasteiger partial charge in [0.05, 0.1) is 10.2 Å². The number of piperazine rings is 1. The van der Waals surface area contributed by atoms with Crippen molar-refractivity contribution >= 4 is 53.5 Å². The maximum Gasteiger partial charge on any atom is 0.161 e. The molecule has 0 aliphatic carbocycles. The molecular weight excluding hydrogens is 364 g/mol. The van der Waals surface area contributed by atoms with Crippen molar-refractivity contribution in [2.45, 2.75) is 0 Å². The highest BCUT2D eigenvalue weighted by Gasteiger charge is 2.17. The fourth-order valence-corrected chi connectivity index (χ4v) is 3.93. The molecule has 0 atom stereocenters. The van der Waals surface area contributed by atoms with E-state index in [4.69, 9.17) is 0 Å². The first-order valence-corrected chi connectivity index (χ1v) is 8.70. The van der Waals surface area contributed by atoms with Crippen molar-refractivity contribution in [2.24, 2.45) is 0 Å². The maximum atomic E-state index is 4.47. The van der Waals surface area contributed by atoms with Crippen molar-refractivity contribution in [3.63, 3.8) is 0 Å². The number of hydrogen-bond donors (Lipinski definition) is 1. The summed E-state index contributed by atoms with van der Waals surface area (Å²) in [6, 6.07) is 2.06. The van der Waals surface area contributed by atoms with Gasteiger partial charge in [-0.3, -0.25) is 0 Å². The molecule has 0 unspecified atom stereocenters. The molecule has 8 heteroatoms. The van der Waals surface area contributed by atoms with E-state index in [2.05, 4.69) is 59.3 Å². The Morgan fingerprint density at radius 2 is 2.00 bits per heavy atom. The first kappa shape index (κ1) is 14.3. The van der Waals surface area contributed by atoms with Gasteiger partial charge in [0.25, 0.3) is 0 Å². The fourth-order valence-electron chi connectivity index (χ4n) is 2.58. The molecule has 1 N–H and O–H groups in total. The normalized spacial score (nSPS) is 17.4.